The van der Waals surface area contributed by atoms with Crippen LogP contribution in [0.3, 0.4) is 0 Å². The lowest BCUT2D eigenvalue weighted by atomic mass is 10.0. The fourth-order valence-electron chi connectivity index (χ4n) is 1.52. The minimum atomic E-state index is 0.0729. The van der Waals surface area contributed by atoms with Gasteiger partial charge in [0.05, 0.1) is 6.61 Å². The molecule has 1 nitrogen and oxygen atoms in total. The Labute approximate surface area is 70.9 Å². The van der Waals surface area contributed by atoms with E-state index in [1.165, 1.54) is 25.7 Å². The van der Waals surface area contributed by atoms with Crippen LogP contribution in [0.5, 0.6) is 0 Å². The summed E-state index contributed by atoms with van der Waals surface area (Å²) in [5.41, 5.74) is 0. The van der Waals surface area contributed by atoms with Crippen molar-refractivity contribution in [2.45, 2.75) is 42.8 Å². The topological polar surface area (TPSA) is 20.2 Å². The summed E-state index contributed by atoms with van der Waals surface area (Å²) in [6, 6.07) is 0. The van der Waals surface area contributed by atoms with Gasteiger partial charge in [-0.05, 0) is 12.8 Å². The Hall–Kier alpha value is 0.440. The molecule has 1 N–H and O–H groups in total. The van der Waals surface area contributed by atoms with Gasteiger partial charge in [0.15, 0.2) is 0 Å². The molecule has 1 aliphatic carbocycles. The van der Waals surface area contributed by atoms with Crippen molar-refractivity contribution in [3.05, 3.63) is 0 Å². The Balaban J connectivity index is 2.41. The van der Waals surface area contributed by atoms with E-state index in [4.69, 9.17) is 5.11 Å². The highest BCUT2D eigenvalue weighted by Crippen LogP contribution is 2.33. The summed E-state index contributed by atoms with van der Waals surface area (Å²) in [4.78, 5) is 0. The number of halogens is 1. The molecule has 0 aliphatic heterocycles. The van der Waals surface area contributed by atoms with E-state index in [0.717, 1.165) is 12.8 Å². The summed E-state index contributed by atoms with van der Waals surface area (Å²) in [6.07, 6.45) is 7.51. The van der Waals surface area contributed by atoms with Crippen molar-refractivity contribution in [3.8, 4) is 0 Å². The normalized spacial score (nSPS) is 25.8. The van der Waals surface area contributed by atoms with Crippen LogP contribution >= 0.6 is 15.9 Å². The molecule has 60 valence electrons. The Kier molecular flexibility index (Phi) is 3.18. The van der Waals surface area contributed by atoms with Gasteiger partial charge in [-0.3, -0.25) is 0 Å². The van der Waals surface area contributed by atoms with Crippen LogP contribution in [-0.4, -0.2) is 16.0 Å². The molecule has 1 rings (SSSR count). The van der Waals surface area contributed by atoms with Gasteiger partial charge >= 0.3 is 0 Å². The lowest BCUT2D eigenvalue weighted by molar-refractivity contribution is 0.239. The second-order valence-electron chi connectivity index (χ2n) is 3.22. The zero-order valence-electron chi connectivity index (χ0n) is 6.27. The molecule has 1 saturated carbocycles. The highest BCUT2D eigenvalue weighted by molar-refractivity contribution is 9.10. The minimum absolute atomic E-state index is 0.0729. The quantitative estimate of drug-likeness (QED) is 0.517. The maximum atomic E-state index is 9.03. The van der Waals surface area contributed by atoms with Crippen LogP contribution in [0, 0.1) is 0 Å². The maximum Gasteiger partial charge on any atom is 0.0584 e. The monoisotopic (exact) mass is 206 g/mol. The van der Waals surface area contributed by atoms with Crippen LogP contribution in [0.1, 0.15) is 38.5 Å². The summed E-state index contributed by atoms with van der Waals surface area (Å²) < 4.78 is 0.0729. The van der Waals surface area contributed by atoms with Gasteiger partial charge in [0.2, 0.25) is 0 Å². The molecule has 0 unspecified atom stereocenters. The minimum Gasteiger partial charge on any atom is -0.395 e. The van der Waals surface area contributed by atoms with Gasteiger partial charge < -0.3 is 5.11 Å². The van der Waals surface area contributed by atoms with Gasteiger partial charge in [0.1, 0.15) is 0 Å². The number of alkyl halides is 1. The molecule has 0 heterocycles. The van der Waals surface area contributed by atoms with Gasteiger partial charge in [0, 0.05) is 4.32 Å². The molecule has 2 heteroatoms. The van der Waals surface area contributed by atoms with E-state index in [-0.39, 0.29) is 4.32 Å². The van der Waals surface area contributed by atoms with Gasteiger partial charge in [0.25, 0.3) is 0 Å². The van der Waals surface area contributed by atoms with E-state index in [0.29, 0.717) is 6.61 Å². The third kappa shape index (κ3) is 2.24. The molecule has 1 fully saturated rings. The second kappa shape index (κ2) is 3.72. The molecular formula is C8H15BrO. The average Bonchev–Trinajstić information content (AvgIpc) is 2.15. The molecule has 1 aliphatic rings. The molecule has 10 heavy (non-hydrogen) atoms. The van der Waals surface area contributed by atoms with E-state index in [1.54, 1.807) is 0 Å². The Morgan fingerprint density at radius 2 is 1.60 bits per heavy atom. The van der Waals surface area contributed by atoms with Crippen molar-refractivity contribution in [2.24, 2.45) is 0 Å². The molecule has 0 spiro atoms. The fraction of sp³-hybridized carbons (Fsp3) is 1.00. The van der Waals surface area contributed by atoms with Crippen LogP contribution in [0.15, 0.2) is 0 Å². The van der Waals surface area contributed by atoms with Crippen LogP contribution in [0.2, 0.25) is 0 Å². The SMILES string of the molecule is OCC1(Br)CCCCCC1. The molecular weight excluding hydrogens is 192 g/mol. The van der Waals surface area contributed by atoms with Crippen LogP contribution in [0.4, 0.5) is 0 Å². The van der Waals surface area contributed by atoms with E-state index < -0.39 is 0 Å². The van der Waals surface area contributed by atoms with Gasteiger partial charge in [-0.1, -0.05) is 41.6 Å². The number of rotatable bonds is 1. The number of hydrogen-bond acceptors (Lipinski definition) is 1. The molecule has 0 amide bonds. The highest BCUT2D eigenvalue weighted by atomic mass is 79.9. The first kappa shape index (κ1) is 8.54. The van der Waals surface area contributed by atoms with E-state index in [2.05, 4.69) is 15.9 Å². The molecule has 0 saturated heterocycles. The second-order valence-corrected chi connectivity index (χ2v) is 4.91. The number of aliphatic hydroxyl groups excluding tert-OH is 1. The van der Waals surface area contributed by atoms with Crippen molar-refractivity contribution in [1.29, 1.82) is 0 Å². The van der Waals surface area contributed by atoms with Crippen LogP contribution < -0.4 is 0 Å². The third-order valence-electron chi connectivity index (χ3n) is 2.28. The third-order valence-corrected chi connectivity index (χ3v) is 3.33. The highest BCUT2D eigenvalue weighted by Gasteiger charge is 2.26. The largest absolute Gasteiger partial charge is 0.395 e. The van der Waals surface area contributed by atoms with Gasteiger partial charge in [-0.25, -0.2) is 0 Å². The van der Waals surface area contributed by atoms with Crippen LogP contribution in [0.25, 0.3) is 0 Å². The standard InChI is InChI=1S/C8H15BrO/c9-8(7-10)5-3-1-2-4-6-8/h10H,1-7H2. The molecule has 0 aromatic carbocycles. The van der Waals surface area contributed by atoms with Gasteiger partial charge in [-0.15, -0.1) is 0 Å². The molecule has 0 aromatic rings. The van der Waals surface area contributed by atoms with Crippen LogP contribution in [-0.2, 0) is 0 Å². The zero-order valence-corrected chi connectivity index (χ0v) is 7.86. The van der Waals surface area contributed by atoms with Crippen molar-refractivity contribution >= 4 is 15.9 Å². The zero-order chi connectivity index (χ0) is 7.45. The number of aliphatic hydroxyl groups is 1. The van der Waals surface area contributed by atoms with E-state index >= 15 is 0 Å². The predicted molar refractivity (Wildman–Crippen MR) is 46.4 cm³/mol. The molecule has 0 aromatic heterocycles. The lowest BCUT2D eigenvalue weighted by Gasteiger charge is -2.22. The van der Waals surface area contributed by atoms with Crippen molar-refractivity contribution < 1.29 is 5.11 Å². The smallest absolute Gasteiger partial charge is 0.0584 e. The summed E-state index contributed by atoms with van der Waals surface area (Å²) in [6.45, 7) is 0.299. The Bertz CT molecular complexity index is 95.4. The van der Waals surface area contributed by atoms with E-state index in [1.807, 2.05) is 0 Å². The summed E-state index contributed by atoms with van der Waals surface area (Å²) in [5, 5.41) is 9.03. The maximum absolute atomic E-state index is 9.03. The summed E-state index contributed by atoms with van der Waals surface area (Å²) in [5.74, 6) is 0. The van der Waals surface area contributed by atoms with Crippen molar-refractivity contribution in [2.75, 3.05) is 6.61 Å². The number of hydrogen-bond donors (Lipinski definition) is 1. The molecule has 0 bridgehead atoms. The van der Waals surface area contributed by atoms with Crippen molar-refractivity contribution in [3.63, 3.8) is 0 Å². The Morgan fingerprint density at radius 1 is 1.10 bits per heavy atom. The molecule has 0 radical (unpaired) electrons. The van der Waals surface area contributed by atoms with Gasteiger partial charge in [-0.2, -0.15) is 0 Å². The van der Waals surface area contributed by atoms with Crippen molar-refractivity contribution in [1.82, 2.24) is 0 Å². The molecule has 0 atom stereocenters. The Morgan fingerprint density at radius 3 is 2.00 bits per heavy atom. The summed E-state index contributed by atoms with van der Waals surface area (Å²) in [7, 11) is 0. The summed E-state index contributed by atoms with van der Waals surface area (Å²) >= 11 is 3.59. The first-order valence-electron chi connectivity index (χ1n) is 4.07. The fourth-order valence-corrected chi connectivity index (χ4v) is 2.08. The predicted octanol–water partition coefficient (Wildman–Crippen LogP) is 2.47. The average molecular weight is 207 g/mol. The first-order chi connectivity index (χ1) is 4.77. The van der Waals surface area contributed by atoms with E-state index in [9.17, 15) is 0 Å². The lowest BCUT2D eigenvalue weighted by Crippen LogP contribution is -2.24. The first-order valence-corrected chi connectivity index (χ1v) is 4.86.